The Morgan fingerprint density at radius 3 is 1.62 bits per heavy atom. The van der Waals surface area contributed by atoms with Crippen molar-refractivity contribution in [2.45, 2.75) is 0 Å². The van der Waals surface area contributed by atoms with Crippen molar-refractivity contribution < 1.29 is 0 Å². The minimum Gasteiger partial charge on any atom is -0.294 e. The number of hydrogen-bond donors (Lipinski definition) is 0. The van der Waals surface area contributed by atoms with Crippen LogP contribution in [0.2, 0.25) is 0 Å². The lowest BCUT2D eigenvalue weighted by Crippen LogP contribution is -2.29. The molecule has 0 aliphatic carbocycles. The van der Waals surface area contributed by atoms with Crippen LogP contribution in [0.25, 0.3) is 84.2 Å². The molecule has 6 aromatic carbocycles. The first kappa shape index (κ1) is 30.3. The molecule has 0 aliphatic rings. The van der Waals surface area contributed by atoms with Crippen LogP contribution in [0.5, 0.6) is 0 Å². The Hall–Kier alpha value is -7.52. The molecule has 9 nitrogen and oxygen atoms in total. The van der Waals surface area contributed by atoms with Gasteiger partial charge in [-0.2, -0.15) is 0 Å². The molecule has 250 valence electrons. The van der Waals surface area contributed by atoms with E-state index in [2.05, 4.69) is 0 Å². The van der Waals surface area contributed by atoms with Gasteiger partial charge in [-0.3, -0.25) is 18.7 Å². The first-order chi connectivity index (χ1) is 26.1. The summed E-state index contributed by atoms with van der Waals surface area (Å²) in [6.45, 7) is 0. The van der Waals surface area contributed by atoms with E-state index in [1.165, 1.54) is 4.40 Å². The molecule has 4 heterocycles. The maximum absolute atomic E-state index is 14.6. The van der Waals surface area contributed by atoms with Crippen LogP contribution in [0, 0.1) is 0 Å². The molecule has 0 amide bonds. The fourth-order valence-corrected chi connectivity index (χ4v) is 7.12. The maximum Gasteiger partial charge on any atom is 0.299 e. The van der Waals surface area contributed by atoms with Gasteiger partial charge in [0.1, 0.15) is 5.52 Å². The zero-order chi connectivity index (χ0) is 35.5. The molecule has 10 rings (SSSR count). The summed E-state index contributed by atoms with van der Waals surface area (Å²) in [6, 6.07) is 52.1. The van der Waals surface area contributed by atoms with E-state index in [0.717, 1.165) is 33.3 Å². The van der Waals surface area contributed by atoms with Crippen molar-refractivity contribution in [2.24, 2.45) is 0 Å². The highest BCUT2D eigenvalue weighted by atomic mass is 16.1. The van der Waals surface area contributed by atoms with Gasteiger partial charge in [0.25, 0.3) is 11.1 Å². The van der Waals surface area contributed by atoms with E-state index in [-0.39, 0.29) is 11.2 Å². The fraction of sp³-hybridized carbons (Fsp3) is 0. The molecule has 0 N–H and O–H groups in total. The standard InChI is InChI=1S/C44H27N7O2/c52-43-33-23-10-12-25-35(33)45-41-44(53)50(31-20-8-3-9-21-31)37-34-24-11-13-26-36(34)49(42(37)51(41)43)32-22-14-19-30(27-32)40-47-38(28-15-4-1-5-16-28)46-39(48-40)29-17-6-2-7-18-29/h1-27H. The van der Waals surface area contributed by atoms with Gasteiger partial charge in [0.2, 0.25) is 5.65 Å². The average molecular weight is 686 g/mol. The minimum atomic E-state index is -0.393. The lowest BCUT2D eigenvalue weighted by Gasteiger charge is -2.15. The van der Waals surface area contributed by atoms with Gasteiger partial charge in [-0.15, -0.1) is 0 Å². The van der Waals surface area contributed by atoms with Gasteiger partial charge < -0.3 is 0 Å². The first-order valence-electron chi connectivity index (χ1n) is 17.2. The summed E-state index contributed by atoms with van der Waals surface area (Å²) in [7, 11) is 0. The highest BCUT2D eigenvalue weighted by molar-refractivity contribution is 6.07. The van der Waals surface area contributed by atoms with Gasteiger partial charge in [0, 0.05) is 33.5 Å². The summed E-state index contributed by atoms with van der Waals surface area (Å²) in [6.07, 6.45) is 0. The van der Waals surface area contributed by atoms with Gasteiger partial charge in [0.15, 0.2) is 23.1 Å². The molecule has 0 spiro atoms. The largest absolute Gasteiger partial charge is 0.299 e. The van der Waals surface area contributed by atoms with Crippen LogP contribution in [-0.4, -0.2) is 33.5 Å². The highest BCUT2D eigenvalue weighted by Gasteiger charge is 2.24. The molecular formula is C44H27N7O2. The van der Waals surface area contributed by atoms with E-state index in [9.17, 15) is 9.59 Å². The Morgan fingerprint density at radius 2 is 0.943 bits per heavy atom. The predicted octanol–water partition coefficient (Wildman–Crippen LogP) is 8.28. The minimum absolute atomic E-state index is 0.0303. The Kier molecular flexibility index (Phi) is 6.90. The summed E-state index contributed by atoms with van der Waals surface area (Å²) >= 11 is 0. The van der Waals surface area contributed by atoms with E-state index < -0.39 is 5.56 Å². The molecule has 10 aromatic rings. The van der Waals surface area contributed by atoms with Crippen LogP contribution in [0.1, 0.15) is 0 Å². The van der Waals surface area contributed by atoms with Crippen molar-refractivity contribution in [1.29, 1.82) is 0 Å². The number of nitrogens with zero attached hydrogens (tertiary/aromatic N) is 7. The molecule has 0 bridgehead atoms. The molecule has 4 aromatic heterocycles. The molecule has 0 saturated carbocycles. The van der Waals surface area contributed by atoms with Crippen LogP contribution in [0.3, 0.4) is 0 Å². The van der Waals surface area contributed by atoms with Gasteiger partial charge in [0.05, 0.1) is 16.4 Å². The second-order valence-corrected chi connectivity index (χ2v) is 12.7. The zero-order valence-electron chi connectivity index (χ0n) is 28.0. The molecule has 0 fully saturated rings. The van der Waals surface area contributed by atoms with E-state index in [1.807, 2.05) is 150 Å². The van der Waals surface area contributed by atoms with Crippen molar-refractivity contribution in [3.63, 3.8) is 0 Å². The van der Waals surface area contributed by atoms with E-state index in [4.69, 9.17) is 19.9 Å². The Labute approximate surface area is 301 Å². The maximum atomic E-state index is 14.6. The van der Waals surface area contributed by atoms with Crippen molar-refractivity contribution in [1.82, 2.24) is 33.5 Å². The Balaban J connectivity index is 1.31. The van der Waals surface area contributed by atoms with Crippen LogP contribution in [0.4, 0.5) is 0 Å². The third-order valence-corrected chi connectivity index (χ3v) is 9.51. The summed E-state index contributed by atoms with van der Waals surface area (Å²) in [4.78, 5) is 48.7. The summed E-state index contributed by atoms with van der Waals surface area (Å²) < 4.78 is 5.16. The lowest BCUT2D eigenvalue weighted by atomic mass is 10.1. The topological polar surface area (TPSA) is 100.0 Å². The monoisotopic (exact) mass is 685 g/mol. The second kappa shape index (κ2) is 12.1. The number of hydrogen-bond acceptors (Lipinski definition) is 6. The normalized spacial score (nSPS) is 11.5. The van der Waals surface area contributed by atoms with E-state index in [0.29, 0.717) is 45.2 Å². The molecular weight excluding hydrogens is 659 g/mol. The Bertz CT molecular complexity index is 3100. The third-order valence-electron chi connectivity index (χ3n) is 9.51. The van der Waals surface area contributed by atoms with Crippen molar-refractivity contribution in [3.05, 3.63) is 184 Å². The molecule has 0 saturated heterocycles. The number of para-hydroxylation sites is 3. The van der Waals surface area contributed by atoms with Crippen LogP contribution in [0.15, 0.2) is 173 Å². The second-order valence-electron chi connectivity index (χ2n) is 12.7. The molecule has 0 unspecified atom stereocenters. The Morgan fingerprint density at radius 1 is 0.415 bits per heavy atom. The van der Waals surface area contributed by atoms with Crippen LogP contribution < -0.4 is 11.1 Å². The molecule has 0 aliphatic heterocycles. The molecule has 9 heteroatoms. The van der Waals surface area contributed by atoms with E-state index >= 15 is 0 Å². The third kappa shape index (κ3) is 4.86. The SMILES string of the molecule is O=c1c2nc3ccccc3c(=O)n2c2c(c3ccccc3n2-c2cccc(-c3nc(-c4ccccc4)nc(-c4ccccc4)n3)c2)n1-c1ccccc1. The van der Waals surface area contributed by atoms with Crippen molar-refractivity contribution in [3.8, 4) is 45.5 Å². The van der Waals surface area contributed by atoms with Crippen LogP contribution in [-0.2, 0) is 0 Å². The highest BCUT2D eigenvalue weighted by Crippen LogP contribution is 2.34. The van der Waals surface area contributed by atoms with Gasteiger partial charge >= 0.3 is 0 Å². The summed E-state index contributed by atoms with van der Waals surface area (Å²) in [5, 5.41) is 1.22. The van der Waals surface area contributed by atoms with Gasteiger partial charge in [-0.1, -0.05) is 121 Å². The summed E-state index contributed by atoms with van der Waals surface area (Å²) in [5.74, 6) is 1.61. The smallest absolute Gasteiger partial charge is 0.294 e. The number of fused-ring (bicyclic) bond motifs is 6. The average Bonchev–Trinajstić information content (AvgIpc) is 3.56. The summed E-state index contributed by atoms with van der Waals surface area (Å²) in [5.41, 5.74) is 5.58. The van der Waals surface area contributed by atoms with Gasteiger partial charge in [-0.25, -0.2) is 24.3 Å². The number of aromatic nitrogens is 7. The quantitative estimate of drug-likeness (QED) is 0.169. The molecule has 53 heavy (non-hydrogen) atoms. The van der Waals surface area contributed by atoms with Crippen molar-refractivity contribution in [2.75, 3.05) is 0 Å². The molecule has 0 atom stereocenters. The number of rotatable bonds is 5. The number of benzene rings is 6. The predicted molar refractivity (Wildman–Crippen MR) is 209 cm³/mol. The van der Waals surface area contributed by atoms with E-state index in [1.54, 1.807) is 22.8 Å². The lowest BCUT2D eigenvalue weighted by molar-refractivity contribution is 0.965. The van der Waals surface area contributed by atoms with Crippen LogP contribution >= 0.6 is 0 Å². The zero-order valence-corrected chi connectivity index (χ0v) is 28.0. The van der Waals surface area contributed by atoms with Crippen molar-refractivity contribution >= 4 is 38.6 Å². The fourth-order valence-electron chi connectivity index (χ4n) is 7.12. The van der Waals surface area contributed by atoms with Gasteiger partial charge in [-0.05, 0) is 42.5 Å². The molecule has 0 radical (unpaired) electrons. The first-order valence-corrected chi connectivity index (χ1v) is 17.2.